The van der Waals surface area contributed by atoms with Gasteiger partial charge in [0.2, 0.25) is 0 Å². The molecule has 2 aliphatic heterocycles. The zero-order chi connectivity index (χ0) is 24.5. The Kier molecular flexibility index (Phi) is 7.16. The second-order valence-electron chi connectivity index (χ2n) is 10.8. The first-order valence-corrected chi connectivity index (χ1v) is 12.6. The molecule has 1 fully saturated rings. The maximum atomic E-state index is 12.2. The van der Waals surface area contributed by atoms with Gasteiger partial charge in [-0.05, 0) is 70.3 Å². The minimum absolute atomic E-state index is 0.00580. The summed E-state index contributed by atoms with van der Waals surface area (Å²) >= 11 is 6.47. The Bertz CT molecular complexity index is 1040. The van der Waals surface area contributed by atoms with Crippen LogP contribution in [0.1, 0.15) is 70.1 Å². The van der Waals surface area contributed by atoms with Crippen molar-refractivity contribution >= 4 is 17.6 Å². The van der Waals surface area contributed by atoms with Gasteiger partial charge in [0, 0.05) is 27.6 Å². The second-order valence-corrected chi connectivity index (χ2v) is 11.2. The number of ether oxygens (including phenoxy) is 3. The summed E-state index contributed by atoms with van der Waals surface area (Å²) in [5.41, 5.74) is 3.05. The van der Waals surface area contributed by atoms with Crippen LogP contribution in [0.5, 0.6) is 11.5 Å². The molecular weight excluding hydrogens is 450 g/mol. The van der Waals surface area contributed by atoms with Gasteiger partial charge < -0.3 is 14.2 Å². The molecule has 0 unspecified atom stereocenters. The third kappa shape index (κ3) is 5.52. The molecule has 0 amide bonds. The number of rotatable bonds is 6. The van der Waals surface area contributed by atoms with Crippen LogP contribution in [-0.4, -0.2) is 42.7 Å². The minimum Gasteiger partial charge on any atom is -0.492 e. The smallest absolute Gasteiger partial charge is 0.320 e. The van der Waals surface area contributed by atoms with E-state index < -0.39 is 5.60 Å². The standard InChI is InChI=1S/C28H36ClNO4/c1-19(2)21-7-6-8-24(29)22(21)17-32-20-9-10-23-25(15-20)33-18-28(23)11-13-30(14-12-28)16-26(31)34-27(3,4)5/h6-10,15,19H,11-14,16-18H2,1-5H3. The van der Waals surface area contributed by atoms with Gasteiger partial charge in [-0.25, -0.2) is 0 Å². The molecule has 1 spiro atoms. The lowest BCUT2D eigenvalue weighted by atomic mass is 9.74. The molecule has 4 rings (SSSR count). The third-order valence-corrected chi connectivity index (χ3v) is 7.13. The summed E-state index contributed by atoms with van der Waals surface area (Å²) in [6, 6.07) is 12.2. The maximum Gasteiger partial charge on any atom is 0.320 e. The summed E-state index contributed by atoms with van der Waals surface area (Å²) in [4.78, 5) is 14.4. The fourth-order valence-electron chi connectivity index (χ4n) is 4.98. The van der Waals surface area contributed by atoms with Crippen LogP contribution in [0.2, 0.25) is 5.02 Å². The largest absolute Gasteiger partial charge is 0.492 e. The predicted octanol–water partition coefficient (Wildman–Crippen LogP) is 6.11. The first kappa shape index (κ1) is 24.9. The molecule has 5 nitrogen and oxygen atoms in total. The quantitative estimate of drug-likeness (QED) is 0.462. The van der Waals surface area contributed by atoms with Crippen molar-refractivity contribution < 1.29 is 19.0 Å². The van der Waals surface area contributed by atoms with E-state index in [0.29, 0.717) is 25.7 Å². The summed E-state index contributed by atoms with van der Waals surface area (Å²) < 4.78 is 17.8. The lowest BCUT2D eigenvalue weighted by Crippen LogP contribution is -2.46. The van der Waals surface area contributed by atoms with Gasteiger partial charge in [0.15, 0.2) is 0 Å². The molecule has 2 aromatic rings. The number of nitrogens with zero attached hydrogens (tertiary/aromatic N) is 1. The number of piperidine rings is 1. The van der Waals surface area contributed by atoms with Crippen LogP contribution in [0.3, 0.4) is 0 Å². The van der Waals surface area contributed by atoms with Gasteiger partial charge in [0.1, 0.15) is 23.7 Å². The molecule has 0 N–H and O–H groups in total. The molecule has 184 valence electrons. The van der Waals surface area contributed by atoms with Crippen molar-refractivity contribution in [2.24, 2.45) is 0 Å². The Labute approximate surface area is 208 Å². The van der Waals surface area contributed by atoms with Crippen LogP contribution in [-0.2, 0) is 21.6 Å². The van der Waals surface area contributed by atoms with E-state index in [1.165, 1.54) is 11.1 Å². The van der Waals surface area contributed by atoms with Crippen LogP contribution >= 0.6 is 11.6 Å². The van der Waals surface area contributed by atoms with Crippen molar-refractivity contribution in [3.63, 3.8) is 0 Å². The van der Waals surface area contributed by atoms with E-state index in [9.17, 15) is 4.79 Å². The molecule has 0 bridgehead atoms. The minimum atomic E-state index is -0.450. The van der Waals surface area contributed by atoms with Gasteiger partial charge in [0.05, 0.1) is 13.2 Å². The topological polar surface area (TPSA) is 48.0 Å². The lowest BCUT2D eigenvalue weighted by molar-refractivity contribution is -0.156. The zero-order valence-corrected chi connectivity index (χ0v) is 21.7. The normalized spacial score (nSPS) is 17.5. The maximum absolute atomic E-state index is 12.2. The van der Waals surface area contributed by atoms with E-state index in [1.807, 2.05) is 45.0 Å². The lowest BCUT2D eigenvalue weighted by Gasteiger charge is -2.38. The number of fused-ring (bicyclic) bond motifs is 2. The van der Waals surface area contributed by atoms with Crippen LogP contribution in [0, 0.1) is 0 Å². The van der Waals surface area contributed by atoms with Crippen molar-refractivity contribution in [2.75, 3.05) is 26.2 Å². The Hall–Kier alpha value is -2.24. The molecule has 34 heavy (non-hydrogen) atoms. The van der Waals surface area contributed by atoms with Crippen LogP contribution in [0.4, 0.5) is 0 Å². The molecule has 0 aromatic heterocycles. The number of carbonyl (C=O) groups is 1. The number of likely N-dealkylation sites (tertiary alicyclic amines) is 1. The van der Waals surface area contributed by atoms with E-state index in [1.54, 1.807) is 0 Å². The van der Waals surface area contributed by atoms with Crippen molar-refractivity contribution in [1.82, 2.24) is 4.90 Å². The van der Waals surface area contributed by atoms with Gasteiger partial charge in [0.25, 0.3) is 0 Å². The zero-order valence-electron chi connectivity index (χ0n) is 20.9. The van der Waals surface area contributed by atoms with E-state index in [-0.39, 0.29) is 11.4 Å². The number of halogens is 1. The van der Waals surface area contributed by atoms with Gasteiger partial charge in [-0.3, -0.25) is 9.69 Å². The average molecular weight is 486 g/mol. The molecule has 6 heteroatoms. The molecule has 2 aromatic carbocycles. The first-order valence-electron chi connectivity index (χ1n) is 12.2. The molecule has 2 heterocycles. The number of hydrogen-bond acceptors (Lipinski definition) is 5. The highest BCUT2D eigenvalue weighted by Crippen LogP contribution is 2.46. The SMILES string of the molecule is CC(C)c1cccc(Cl)c1COc1ccc2c(c1)OCC21CCN(CC(=O)OC(C)(C)C)CC1. The molecule has 1 saturated heterocycles. The van der Waals surface area contributed by atoms with Gasteiger partial charge in [-0.1, -0.05) is 43.6 Å². The average Bonchev–Trinajstić information content (AvgIpc) is 3.10. The third-order valence-electron chi connectivity index (χ3n) is 6.77. The van der Waals surface area contributed by atoms with Crippen molar-refractivity contribution in [1.29, 1.82) is 0 Å². The fraction of sp³-hybridized carbons (Fsp3) is 0.536. The van der Waals surface area contributed by atoms with Crippen molar-refractivity contribution in [2.45, 2.75) is 71.0 Å². The number of esters is 1. The second kappa shape index (κ2) is 9.79. The number of hydrogen-bond donors (Lipinski definition) is 0. The van der Waals surface area contributed by atoms with E-state index in [2.05, 4.69) is 30.9 Å². The molecular formula is C28H36ClNO4. The summed E-state index contributed by atoms with van der Waals surface area (Å²) in [6.07, 6.45) is 1.92. The first-order chi connectivity index (χ1) is 16.1. The molecule has 0 saturated carbocycles. The molecule has 0 aliphatic carbocycles. The highest BCUT2D eigenvalue weighted by molar-refractivity contribution is 6.31. The Morgan fingerprint density at radius 2 is 1.91 bits per heavy atom. The molecule has 0 atom stereocenters. The Morgan fingerprint density at radius 1 is 1.18 bits per heavy atom. The summed E-state index contributed by atoms with van der Waals surface area (Å²) in [6.45, 7) is 13.2. The Morgan fingerprint density at radius 3 is 2.59 bits per heavy atom. The van der Waals surface area contributed by atoms with E-state index >= 15 is 0 Å². The highest BCUT2D eigenvalue weighted by Gasteiger charge is 2.43. The Balaban J connectivity index is 1.39. The van der Waals surface area contributed by atoms with Crippen molar-refractivity contribution in [3.8, 4) is 11.5 Å². The van der Waals surface area contributed by atoms with Crippen LogP contribution in [0.25, 0.3) is 0 Å². The highest BCUT2D eigenvalue weighted by atomic mass is 35.5. The van der Waals surface area contributed by atoms with Crippen molar-refractivity contribution in [3.05, 3.63) is 58.1 Å². The summed E-state index contributed by atoms with van der Waals surface area (Å²) in [5, 5.41) is 0.737. The number of benzene rings is 2. The summed E-state index contributed by atoms with van der Waals surface area (Å²) in [5.74, 6) is 1.91. The van der Waals surface area contributed by atoms with E-state index in [0.717, 1.165) is 48.0 Å². The summed E-state index contributed by atoms with van der Waals surface area (Å²) in [7, 11) is 0. The number of carbonyl (C=O) groups excluding carboxylic acids is 1. The van der Waals surface area contributed by atoms with Crippen LogP contribution < -0.4 is 9.47 Å². The predicted molar refractivity (Wildman–Crippen MR) is 135 cm³/mol. The monoisotopic (exact) mass is 485 g/mol. The van der Waals surface area contributed by atoms with E-state index in [4.69, 9.17) is 25.8 Å². The van der Waals surface area contributed by atoms with Gasteiger partial charge >= 0.3 is 5.97 Å². The molecule has 2 aliphatic rings. The molecule has 0 radical (unpaired) electrons. The van der Waals surface area contributed by atoms with Gasteiger partial charge in [-0.15, -0.1) is 0 Å². The van der Waals surface area contributed by atoms with Crippen LogP contribution in [0.15, 0.2) is 36.4 Å². The van der Waals surface area contributed by atoms with Gasteiger partial charge in [-0.2, -0.15) is 0 Å². The fourth-order valence-corrected chi connectivity index (χ4v) is 5.21.